The van der Waals surface area contributed by atoms with Gasteiger partial charge in [0.15, 0.2) is 0 Å². The number of hydrogen-bond donors (Lipinski definition) is 4. The summed E-state index contributed by atoms with van der Waals surface area (Å²) < 4.78 is 10.6. The Balaban J connectivity index is 2.47. The molecule has 5 unspecified atom stereocenters. The Morgan fingerprint density at radius 2 is 1.94 bits per heavy atom. The van der Waals surface area contributed by atoms with Crippen molar-refractivity contribution in [1.29, 1.82) is 0 Å². The van der Waals surface area contributed by atoms with E-state index in [1.54, 1.807) is 0 Å². The summed E-state index contributed by atoms with van der Waals surface area (Å²) in [5.74, 6) is 0. The Hall–Kier alpha value is 0.150. The molecule has 5 nitrogen and oxygen atoms in total. The van der Waals surface area contributed by atoms with Crippen LogP contribution in [0, 0.1) is 0 Å². The quantitative estimate of drug-likeness (QED) is 0.400. The maximum atomic E-state index is 9.87. The number of aliphatic hydroxyl groups excluding tert-OH is 3. The predicted molar refractivity (Wildman–Crippen MR) is 66.0 cm³/mol. The molecule has 5 atom stereocenters. The van der Waals surface area contributed by atoms with Crippen LogP contribution in [0.1, 0.15) is 26.2 Å². The van der Waals surface area contributed by atoms with Crippen molar-refractivity contribution in [3.63, 3.8) is 0 Å². The van der Waals surface area contributed by atoms with Gasteiger partial charge < -0.3 is 24.8 Å². The van der Waals surface area contributed by atoms with Gasteiger partial charge in [-0.05, 0) is 6.42 Å². The summed E-state index contributed by atoms with van der Waals surface area (Å²) in [6.45, 7) is 2.24. The second kappa shape index (κ2) is 7.56. The molecule has 0 amide bonds. The van der Waals surface area contributed by atoms with Gasteiger partial charge in [0.25, 0.3) is 0 Å². The SMILES string of the molecule is CCCCCOC1C(O)C(S)OC(CO)C1O. The van der Waals surface area contributed by atoms with Crippen molar-refractivity contribution in [3.8, 4) is 0 Å². The Bertz CT molecular complexity index is 216. The molecule has 1 heterocycles. The fourth-order valence-electron chi connectivity index (χ4n) is 1.84. The lowest BCUT2D eigenvalue weighted by Gasteiger charge is -2.40. The van der Waals surface area contributed by atoms with Gasteiger partial charge in [0.05, 0.1) is 6.61 Å². The maximum absolute atomic E-state index is 9.87. The molecule has 0 aromatic carbocycles. The average molecular weight is 266 g/mol. The molecule has 0 bridgehead atoms. The molecule has 1 aliphatic rings. The zero-order chi connectivity index (χ0) is 12.8. The second-order valence-electron chi connectivity index (χ2n) is 4.27. The zero-order valence-electron chi connectivity index (χ0n) is 10.0. The number of thiol groups is 1. The van der Waals surface area contributed by atoms with Crippen LogP contribution in [0.5, 0.6) is 0 Å². The van der Waals surface area contributed by atoms with Crippen molar-refractivity contribution in [2.45, 2.75) is 56.0 Å². The van der Waals surface area contributed by atoms with Crippen molar-refractivity contribution < 1.29 is 24.8 Å². The first-order chi connectivity index (χ1) is 8.11. The predicted octanol–water partition coefficient (Wildman–Crippen LogP) is -0.0694. The van der Waals surface area contributed by atoms with E-state index in [1.807, 2.05) is 0 Å². The molecule has 0 aromatic heterocycles. The fourth-order valence-corrected chi connectivity index (χ4v) is 2.16. The van der Waals surface area contributed by atoms with E-state index >= 15 is 0 Å². The topological polar surface area (TPSA) is 79.2 Å². The highest BCUT2D eigenvalue weighted by Crippen LogP contribution is 2.25. The average Bonchev–Trinajstić information content (AvgIpc) is 2.33. The van der Waals surface area contributed by atoms with E-state index in [1.165, 1.54) is 0 Å². The number of rotatable bonds is 6. The summed E-state index contributed by atoms with van der Waals surface area (Å²) in [6.07, 6.45) is -0.510. The summed E-state index contributed by atoms with van der Waals surface area (Å²) in [5, 5.41) is 28.7. The maximum Gasteiger partial charge on any atom is 0.129 e. The minimum absolute atomic E-state index is 0.320. The van der Waals surface area contributed by atoms with Crippen LogP contribution in [0.3, 0.4) is 0 Å². The summed E-state index contributed by atoms with van der Waals surface area (Å²) in [4.78, 5) is 0. The molecule has 6 heteroatoms. The van der Waals surface area contributed by atoms with Crippen LogP contribution in [0.15, 0.2) is 0 Å². The molecule has 1 fully saturated rings. The van der Waals surface area contributed by atoms with Gasteiger partial charge in [-0.2, -0.15) is 0 Å². The van der Waals surface area contributed by atoms with Gasteiger partial charge >= 0.3 is 0 Å². The van der Waals surface area contributed by atoms with Crippen molar-refractivity contribution >= 4 is 12.6 Å². The fraction of sp³-hybridized carbons (Fsp3) is 1.00. The van der Waals surface area contributed by atoms with Gasteiger partial charge in [-0.15, -0.1) is 12.6 Å². The van der Waals surface area contributed by atoms with Crippen molar-refractivity contribution in [1.82, 2.24) is 0 Å². The van der Waals surface area contributed by atoms with Crippen molar-refractivity contribution in [3.05, 3.63) is 0 Å². The highest BCUT2D eigenvalue weighted by Gasteiger charge is 2.43. The van der Waals surface area contributed by atoms with Crippen LogP contribution >= 0.6 is 12.6 Å². The normalized spacial score (nSPS) is 38.3. The monoisotopic (exact) mass is 266 g/mol. The van der Waals surface area contributed by atoms with Crippen LogP contribution < -0.4 is 0 Å². The number of ether oxygens (including phenoxy) is 2. The smallest absolute Gasteiger partial charge is 0.129 e. The molecule has 0 radical (unpaired) electrons. The molecule has 3 N–H and O–H groups in total. The molecule has 0 saturated carbocycles. The van der Waals surface area contributed by atoms with Gasteiger partial charge in [-0.3, -0.25) is 0 Å². The zero-order valence-corrected chi connectivity index (χ0v) is 10.9. The van der Waals surface area contributed by atoms with Gasteiger partial charge in [0.2, 0.25) is 0 Å². The van der Waals surface area contributed by atoms with Crippen molar-refractivity contribution in [2.75, 3.05) is 13.2 Å². The summed E-state index contributed by atoms with van der Waals surface area (Å²) in [7, 11) is 0. The van der Waals surface area contributed by atoms with Crippen molar-refractivity contribution in [2.24, 2.45) is 0 Å². The minimum Gasteiger partial charge on any atom is -0.394 e. The van der Waals surface area contributed by atoms with Crippen LogP contribution in [0.2, 0.25) is 0 Å². The summed E-state index contributed by atoms with van der Waals surface area (Å²) in [5.41, 5.74) is -0.744. The molecule has 0 aromatic rings. The van der Waals surface area contributed by atoms with E-state index in [0.29, 0.717) is 6.61 Å². The standard InChI is InChI=1S/C11H22O5S/c1-2-3-4-5-15-10-8(13)7(6-12)16-11(17)9(10)14/h7-14,17H,2-6H2,1H3. The lowest BCUT2D eigenvalue weighted by molar-refractivity contribution is -0.220. The van der Waals surface area contributed by atoms with E-state index in [4.69, 9.17) is 14.6 Å². The molecule has 1 aliphatic heterocycles. The first-order valence-electron chi connectivity index (χ1n) is 6.04. The second-order valence-corrected chi connectivity index (χ2v) is 4.78. The van der Waals surface area contributed by atoms with Gasteiger partial charge in [0.1, 0.15) is 29.9 Å². The molecule has 0 aliphatic carbocycles. The van der Waals surface area contributed by atoms with Crippen LogP contribution in [0.25, 0.3) is 0 Å². The number of aliphatic hydroxyl groups is 3. The molecular weight excluding hydrogens is 244 g/mol. The van der Waals surface area contributed by atoms with Crippen LogP contribution in [0.4, 0.5) is 0 Å². The van der Waals surface area contributed by atoms with Gasteiger partial charge in [-0.25, -0.2) is 0 Å². The lowest BCUT2D eigenvalue weighted by atomic mass is 10.00. The largest absolute Gasteiger partial charge is 0.394 e. The highest BCUT2D eigenvalue weighted by molar-refractivity contribution is 7.80. The van der Waals surface area contributed by atoms with Gasteiger partial charge in [-0.1, -0.05) is 19.8 Å². The van der Waals surface area contributed by atoms with E-state index in [-0.39, 0.29) is 6.61 Å². The highest BCUT2D eigenvalue weighted by atomic mass is 32.1. The van der Waals surface area contributed by atoms with Crippen LogP contribution in [-0.4, -0.2) is 58.4 Å². The van der Waals surface area contributed by atoms with E-state index in [0.717, 1.165) is 19.3 Å². The molecule has 102 valence electrons. The van der Waals surface area contributed by atoms with E-state index < -0.39 is 29.9 Å². The Morgan fingerprint density at radius 3 is 2.53 bits per heavy atom. The Labute approximate surface area is 107 Å². The lowest BCUT2D eigenvalue weighted by Crippen LogP contribution is -2.58. The third kappa shape index (κ3) is 4.08. The Kier molecular flexibility index (Phi) is 6.76. The van der Waals surface area contributed by atoms with Crippen LogP contribution in [-0.2, 0) is 9.47 Å². The van der Waals surface area contributed by atoms with Gasteiger partial charge in [0, 0.05) is 6.61 Å². The number of unbranched alkanes of at least 4 members (excludes halogenated alkanes) is 2. The molecule has 1 rings (SSSR count). The molecule has 17 heavy (non-hydrogen) atoms. The number of hydrogen-bond acceptors (Lipinski definition) is 6. The minimum atomic E-state index is -1.03. The molecule has 0 spiro atoms. The molecular formula is C11H22O5S. The molecule has 1 saturated heterocycles. The van der Waals surface area contributed by atoms with E-state index in [2.05, 4.69) is 19.6 Å². The third-order valence-electron chi connectivity index (χ3n) is 2.90. The van der Waals surface area contributed by atoms with E-state index in [9.17, 15) is 10.2 Å². The first kappa shape index (κ1) is 15.2. The summed E-state index contributed by atoms with van der Waals surface area (Å²) in [6, 6.07) is 0. The summed E-state index contributed by atoms with van der Waals surface area (Å²) >= 11 is 4.06. The Morgan fingerprint density at radius 1 is 1.24 bits per heavy atom. The third-order valence-corrected chi connectivity index (χ3v) is 3.33. The first-order valence-corrected chi connectivity index (χ1v) is 6.55.